The fourth-order valence-electron chi connectivity index (χ4n) is 3.76. The number of hydrogen-bond acceptors (Lipinski definition) is 4. The number of carbonyl (C=O) groups excluding carboxylic acids is 1. The van der Waals surface area contributed by atoms with Crippen LogP contribution in [0.4, 0.5) is 5.69 Å². The van der Waals surface area contributed by atoms with Crippen molar-refractivity contribution >= 4 is 22.5 Å². The zero-order chi connectivity index (χ0) is 21.2. The maximum Gasteiger partial charge on any atom is 0.244 e. The van der Waals surface area contributed by atoms with Gasteiger partial charge in [0.05, 0.1) is 5.69 Å². The van der Waals surface area contributed by atoms with Gasteiger partial charge < -0.3 is 14.4 Å². The van der Waals surface area contributed by atoms with E-state index in [1.54, 1.807) is 6.92 Å². The Bertz CT molecular complexity index is 1370. The molecule has 0 radical (unpaired) electrons. The average molecular weight is 408 g/mol. The van der Waals surface area contributed by atoms with Crippen LogP contribution in [-0.2, 0) is 11.3 Å². The smallest absolute Gasteiger partial charge is 0.244 e. The molecular formula is C25H20N4O2. The largest absolute Gasteiger partial charge is 0.339 e. The molecule has 0 fully saturated rings. The van der Waals surface area contributed by atoms with Crippen LogP contribution in [-0.4, -0.2) is 20.6 Å². The van der Waals surface area contributed by atoms with Crippen molar-refractivity contribution in [2.24, 2.45) is 0 Å². The summed E-state index contributed by atoms with van der Waals surface area (Å²) in [5, 5.41) is 8.09. The highest BCUT2D eigenvalue weighted by atomic mass is 16.5. The lowest BCUT2D eigenvalue weighted by molar-refractivity contribution is -0.116. The molecule has 6 heteroatoms. The van der Waals surface area contributed by atoms with Crippen LogP contribution in [0, 0.1) is 6.92 Å². The topological polar surface area (TPSA) is 73.0 Å². The summed E-state index contributed by atoms with van der Waals surface area (Å²) in [6.45, 7) is 1.91. The van der Waals surface area contributed by atoms with Gasteiger partial charge in [0.15, 0.2) is 0 Å². The van der Waals surface area contributed by atoms with Crippen LogP contribution in [0.5, 0.6) is 0 Å². The molecule has 5 aromatic rings. The average Bonchev–Trinajstić information content (AvgIpc) is 3.39. The molecule has 0 saturated heterocycles. The number of para-hydroxylation sites is 2. The Morgan fingerprint density at radius 2 is 1.71 bits per heavy atom. The lowest BCUT2D eigenvalue weighted by atomic mass is 10.1. The standard InChI is InChI=1S/C25H20N4O2/c1-17-26-25(28-31-17)20-12-6-7-13-21(20)27-24(30)16-29-22-14-8-5-11-19(22)15-23(29)18-9-3-2-4-10-18/h2-15H,16H2,1H3,(H,27,30). The number of hydrogen-bond donors (Lipinski definition) is 1. The van der Waals surface area contributed by atoms with E-state index < -0.39 is 0 Å². The summed E-state index contributed by atoms with van der Waals surface area (Å²) >= 11 is 0. The third kappa shape index (κ3) is 3.71. The van der Waals surface area contributed by atoms with Crippen LogP contribution in [0.3, 0.4) is 0 Å². The van der Waals surface area contributed by atoms with Crippen LogP contribution in [0.2, 0.25) is 0 Å². The second-order valence-corrected chi connectivity index (χ2v) is 7.27. The summed E-state index contributed by atoms with van der Waals surface area (Å²) in [7, 11) is 0. The number of carbonyl (C=O) groups is 1. The lowest BCUT2D eigenvalue weighted by Crippen LogP contribution is -2.19. The zero-order valence-electron chi connectivity index (χ0n) is 16.9. The van der Waals surface area contributed by atoms with Crippen molar-refractivity contribution < 1.29 is 9.32 Å². The fourth-order valence-corrected chi connectivity index (χ4v) is 3.76. The summed E-state index contributed by atoms with van der Waals surface area (Å²) in [5.41, 5.74) is 4.44. The predicted octanol–water partition coefficient (Wildman–Crippen LogP) is 5.31. The number of anilines is 1. The van der Waals surface area contributed by atoms with Gasteiger partial charge >= 0.3 is 0 Å². The predicted molar refractivity (Wildman–Crippen MR) is 120 cm³/mol. The van der Waals surface area contributed by atoms with Gasteiger partial charge in [0.2, 0.25) is 17.6 Å². The van der Waals surface area contributed by atoms with Gasteiger partial charge in [0, 0.05) is 29.1 Å². The number of nitrogens with one attached hydrogen (secondary N) is 1. The van der Waals surface area contributed by atoms with Crippen LogP contribution < -0.4 is 5.32 Å². The molecule has 0 aliphatic carbocycles. The molecule has 2 aromatic heterocycles. The SMILES string of the molecule is Cc1nc(-c2ccccc2NC(=O)Cn2c(-c3ccccc3)cc3ccccc32)no1. The minimum Gasteiger partial charge on any atom is -0.339 e. The van der Waals surface area contributed by atoms with Gasteiger partial charge in [-0.1, -0.05) is 65.8 Å². The maximum absolute atomic E-state index is 13.1. The molecule has 0 aliphatic rings. The first kappa shape index (κ1) is 18.8. The van der Waals surface area contributed by atoms with Crippen molar-refractivity contribution in [2.45, 2.75) is 13.5 Å². The number of benzene rings is 3. The Labute approximate surface area is 179 Å². The fraction of sp³-hybridized carbons (Fsp3) is 0.0800. The summed E-state index contributed by atoms with van der Waals surface area (Å²) in [6, 6.07) is 27.7. The molecule has 31 heavy (non-hydrogen) atoms. The molecule has 6 nitrogen and oxygen atoms in total. The first-order valence-corrected chi connectivity index (χ1v) is 10.0. The van der Waals surface area contributed by atoms with E-state index >= 15 is 0 Å². The molecule has 0 bridgehead atoms. The number of aromatic nitrogens is 3. The maximum atomic E-state index is 13.1. The molecule has 152 valence electrons. The molecule has 0 unspecified atom stereocenters. The highest BCUT2D eigenvalue weighted by Gasteiger charge is 2.16. The minimum absolute atomic E-state index is 0.133. The van der Waals surface area contributed by atoms with Crippen molar-refractivity contribution in [1.29, 1.82) is 0 Å². The van der Waals surface area contributed by atoms with Crippen LogP contribution in [0.1, 0.15) is 5.89 Å². The number of nitrogens with zero attached hydrogens (tertiary/aromatic N) is 3. The Balaban J connectivity index is 1.49. The van der Waals surface area contributed by atoms with Gasteiger partial charge in [0.25, 0.3) is 0 Å². The van der Waals surface area contributed by atoms with Gasteiger partial charge in [0.1, 0.15) is 6.54 Å². The first-order valence-electron chi connectivity index (χ1n) is 10.0. The van der Waals surface area contributed by atoms with E-state index in [2.05, 4.69) is 39.7 Å². The van der Waals surface area contributed by atoms with Gasteiger partial charge in [-0.2, -0.15) is 4.98 Å². The lowest BCUT2D eigenvalue weighted by Gasteiger charge is -2.13. The Morgan fingerprint density at radius 3 is 2.52 bits per heavy atom. The molecule has 2 heterocycles. The molecule has 0 aliphatic heterocycles. The normalized spacial score (nSPS) is 11.0. The number of fused-ring (bicyclic) bond motifs is 1. The van der Waals surface area contributed by atoms with E-state index in [1.165, 1.54) is 0 Å². The van der Waals surface area contributed by atoms with Crippen molar-refractivity contribution in [3.8, 4) is 22.6 Å². The van der Waals surface area contributed by atoms with Crippen LogP contribution >= 0.6 is 0 Å². The van der Waals surface area contributed by atoms with Crippen molar-refractivity contribution in [1.82, 2.24) is 14.7 Å². The summed E-state index contributed by atoms with van der Waals surface area (Å²) in [6.07, 6.45) is 0. The van der Waals surface area contributed by atoms with Crippen molar-refractivity contribution in [2.75, 3.05) is 5.32 Å². The zero-order valence-corrected chi connectivity index (χ0v) is 16.9. The summed E-state index contributed by atoms with van der Waals surface area (Å²) < 4.78 is 7.14. The van der Waals surface area contributed by atoms with Gasteiger partial charge in [-0.15, -0.1) is 0 Å². The third-order valence-corrected chi connectivity index (χ3v) is 5.15. The Hall–Kier alpha value is -4.19. The highest BCUT2D eigenvalue weighted by molar-refractivity contribution is 5.96. The molecular weight excluding hydrogens is 388 g/mol. The minimum atomic E-state index is -0.133. The highest BCUT2D eigenvalue weighted by Crippen LogP contribution is 2.29. The third-order valence-electron chi connectivity index (χ3n) is 5.15. The van der Waals surface area contributed by atoms with E-state index in [4.69, 9.17) is 4.52 Å². The van der Waals surface area contributed by atoms with Crippen LogP contribution in [0.15, 0.2) is 89.5 Å². The molecule has 1 N–H and O–H groups in total. The van der Waals surface area contributed by atoms with Gasteiger partial charge in [-0.3, -0.25) is 4.79 Å². The summed E-state index contributed by atoms with van der Waals surface area (Å²) in [4.78, 5) is 17.4. The number of rotatable bonds is 5. The Kier molecular flexibility index (Phi) is 4.80. The van der Waals surface area contributed by atoms with Gasteiger partial charge in [-0.05, 0) is 29.8 Å². The van der Waals surface area contributed by atoms with Crippen molar-refractivity contribution in [3.63, 3.8) is 0 Å². The first-order chi connectivity index (χ1) is 15.2. The second kappa shape index (κ2) is 7.91. The number of amides is 1. The van der Waals surface area contributed by atoms with Crippen LogP contribution in [0.25, 0.3) is 33.5 Å². The van der Waals surface area contributed by atoms with Crippen molar-refractivity contribution in [3.05, 3.63) is 90.8 Å². The van der Waals surface area contributed by atoms with E-state index in [0.29, 0.717) is 23.0 Å². The molecule has 0 spiro atoms. The quantitative estimate of drug-likeness (QED) is 0.428. The van der Waals surface area contributed by atoms with E-state index in [-0.39, 0.29) is 12.5 Å². The molecule has 3 aromatic carbocycles. The molecule has 1 amide bonds. The van der Waals surface area contributed by atoms with E-state index in [1.807, 2.05) is 65.2 Å². The monoisotopic (exact) mass is 408 g/mol. The number of aryl methyl sites for hydroxylation is 1. The Morgan fingerprint density at radius 1 is 0.968 bits per heavy atom. The van der Waals surface area contributed by atoms with E-state index in [9.17, 15) is 4.79 Å². The molecule has 0 atom stereocenters. The van der Waals surface area contributed by atoms with E-state index in [0.717, 1.165) is 22.2 Å². The molecule has 5 rings (SSSR count). The molecule has 0 saturated carbocycles. The second-order valence-electron chi connectivity index (χ2n) is 7.27. The summed E-state index contributed by atoms with van der Waals surface area (Å²) in [5.74, 6) is 0.790. The van der Waals surface area contributed by atoms with Gasteiger partial charge in [-0.25, -0.2) is 0 Å².